The minimum atomic E-state index is -1.41. The minimum absolute atomic E-state index is 0.0105. The fourth-order valence-electron chi connectivity index (χ4n) is 5.19. The van der Waals surface area contributed by atoms with Crippen molar-refractivity contribution < 1.29 is 14.7 Å². The Hall–Kier alpha value is -2.64. The summed E-state index contributed by atoms with van der Waals surface area (Å²) in [6.45, 7) is 2.41. The Kier molecular flexibility index (Phi) is 8.20. The van der Waals surface area contributed by atoms with Crippen molar-refractivity contribution in [2.75, 3.05) is 45.7 Å². The van der Waals surface area contributed by atoms with Crippen LogP contribution in [-0.4, -0.2) is 72.5 Å². The fraction of sp³-hybridized carbons (Fsp3) is 0.536. The fourth-order valence-corrected chi connectivity index (χ4v) is 5.42. The summed E-state index contributed by atoms with van der Waals surface area (Å²) in [7, 11) is 5.20. The average molecular weight is 513 g/mol. The molecule has 1 aromatic heterocycles. The predicted molar refractivity (Wildman–Crippen MR) is 142 cm³/mol. The second-order valence-electron chi connectivity index (χ2n) is 10.4. The van der Waals surface area contributed by atoms with E-state index in [2.05, 4.69) is 9.88 Å². The van der Waals surface area contributed by atoms with Gasteiger partial charge in [-0.1, -0.05) is 41.9 Å². The number of likely N-dealkylation sites (N-methyl/N-ethyl adjacent to an activating group) is 1. The molecule has 1 aliphatic heterocycles. The molecule has 7 nitrogen and oxygen atoms in total. The van der Waals surface area contributed by atoms with Gasteiger partial charge >= 0.3 is 0 Å². The number of anilines is 1. The summed E-state index contributed by atoms with van der Waals surface area (Å²) < 4.78 is 0. The maximum Gasteiger partial charge on any atom is 0.259 e. The molecule has 8 heteroatoms. The summed E-state index contributed by atoms with van der Waals surface area (Å²) in [6.07, 6.45) is 5.82. The number of hydrogen-bond donors (Lipinski definition) is 1. The van der Waals surface area contributed by atoms with Gasteiger partial charge in [-0.25, -0.2) is 4.98 Å². The van der Waals surface area contributed by atoms with Gasteiger partial charge in [0.2, 0.25) is 0 Å². The van der Waals surface area contributed by atoms with Crippen LogP contribution in [0.4, 0.5) is 5.82 Å². The van der Waals surface area contributed by atoms with Crippen LogP contribution < -0.4 is 4.90 Å². The smallest absolute Gasteiger partial charge is 0.259 e. The van der Waals surface area contributed by atoms with Gasteiger partial charge in [-0.05, 0) is 62.1 Å². The molecule has 0 radical (unpaired) electrons. The zero-order chi connectivity index (χ0) is 25.9. The first-order valence-electron chi connectivity index (χ1n) is 12.9. The van der Waals surface area contributed by atoms with Gasteiger partial charge in [-0.15, -0.1) is 0 Å². The van der Waals surface area contributed by atoms with Crippen LogP contribution in [0.25, 0.3) is 0 Å². The summed E-state index contributed by atoms with van der Waals surface area (Å²) in [4.78, 5) is 35.4. The lowest BCUT2D eigenvalue weighted by atomic mass is 9.87. The monoisotopic (exact) mass is 512 g/mol. The lowest BCUT2D eigenvalue weighted by molar-refractivity contribution is -0.153. The second kappa shape index (κ2) is 11.2. The molecule has 1 aromatic carbocycles. The Bertz CT molecular complexity index is 1070. The normalized spacial score (nSPS) is 18.0. The first-order valence-corrected chi connectivity index (χ1v) is 13.3. The van der Waals surface area contributed by atoms with E-state index in [9.17, 15) is 14.7 Å². The minimum Gasteiger partial charge on any atom is -0.375 e. The molecule has 4 rings (SSSR count). The van der Waals surface area contributed by atoms with Gasteiger partial charge in [0.05, 0.1) is 5.56 Å². The highest BCUT2D eigenvalue weighted by Crippen LogP contribution is 2.46. The summed E-state index contributed by atoms with van der Waals surface area (Å²) in [5, 5.41) is 11.6. The number of aromatic nitrogens is 1. The van der Waals surface area contributed by atoms with Crippen molar-refractivity contribution in [1.82, 2.24) is 14.8 Å². The number of rotatable bonds is 9. The molecule has 36 heavy (non-hydrogen) atoms. The van der Waals surface area contributed by atoms with Crippen LogP contribution in [0, 0.1) is 11.8 Å². The van der Waals surface area contributed by atoms with Gasteiger partial charge < -0.3 is 19.8 Å². The largest absolute Gasteiger partial charge is 0.375 e. The SMILES string of the molecule is CN(C)C(=O)c1ccc(N2CCC(CCCN(C)C(=O)[C@@](O)(c3ccccc3)C3CC3)CC2)nc1Cl. The molecule has 0 spiro atoms. The van der Waals surface area contributed by atoms with E-state index in [-0.39, 0.29) is 22.9 Å². The molecule has 1 N–H and O–H groups in total. The van der Waals surface area contributed by atoms with Crippen LogP contribution in [0.3, 0.4) is 0 Å². The first kappa shape index (κ1) is 26.4. The molecule has 1 saturated heterocycles. The summed E-state index contributed by atoms with van der Waals surface area (Å²) in [6, 6.07) is 13.0. The van der Waals surface area contributed by atoms with Gasteiger partial charge in [-0.3, -0.25) is 9.59 Å². The zero-order valence-corrected chi connectivity index (χ0v) is 22.2. The van der Waals surface area contributed by atoms with E-state index in [1.165, 1.54) is 4.90 Å². The van der Waals surface area contributed by atoms with Crippen LogP contribution in [0.15, 0.2) is 42.5 Å². The molecule has 1 atom stereocenters. The van der Waals surface area contributed by atoms with Crippen LogP contribution >= 0.6 is 11.6 Å². The molecule has 194 valence electrons. The highest BCUT2D eigenvalue weighted by atomic mass is 35.5. The predicted octanol–water partition coefficient (Wildman–Crippen LogP) is 4.19. The standard InChI is InChI=1S/C28H37ClN4O3/c1-31(2)26(34)23-13-14-24(30-25(23)29)33-18-15-20(16-19-33)8-7-17-32(3)27(35)28(36,22-11-12-22)21-9-5-4-6-10-21/h4-6,9-10,13-14,20,22,36H,7-8,11-12,15-19H2,1-3H3/t28-/m1/s1. The Morgan fingerprint density at radius 3 is 2.31 bits per heavy atom. The summed E-state index contributed by atoms with van der Waals surface area (Å²) in [5.41, 5.74) is -0.299. The number of benzene rings is 1. The second-order valence-corrected chi connectivity index (χ2v) is 10.8. The number of piperidine rings is 1. The van der Waals surface area contributed by atoms with Gasteiger partial charge in [0, 0.05) is 46.7 Å². The van der Waals surface area contributed by atoms with Crippen molar-refractivity contribution in [3.8, 4) is 0 Å². The highest BCUT2D eigenvalue weighted by molar-refractivity contribution is 6.32. The molecule has 2 amide bonds. The van der Waals surface area contributed by atoms with E-state index in [4.69, 9.17) is 11.6 Å². The van der Waals surface area contributed by atoms with Crippen LogP contribution in [-0.2, 0) is 10.4 Å². The molecule has 0 bridgehead atoms. The molecule has 2 aliphatic rings. The third-order valence-electron chi connectivity index (χ3n) is 7.57. The van der Waals surface area contributed by atoms with Gasteiger partial charge in [0.25, 0.3) is 11.8 Å². The molecule has 2 heterocycles. The Labute approximate surface area is 219 Å². The molecule has 2 aromatic rings. The molecule has 2 fully saturated rings. The number of halogens is 1. The topological polar surface area (TPSA) is 77.0 Å². The van der Waals surface area contributed by atoms with Crippen LogP contribution in [0.1, 0.15) is 54.4 Å². The van der Waals surface area contributed by atoms with Crippen molar-refractivity contribution in [3.63, 3.8) is 0 Å². The summed E-state index contributed by atoms with van der Waals surface area (Å²) in [5.74, 6) is 1.06. The number of amides is 2. The lowest BCUT2D eigenvalue weighted by Crippen LogP contribution is -2.47. The van der Waals surface area contributed by atoms with E-state index >= 15 is 0 Å². The maximum atomic E-state index is 13.3. The van der Waals surface area contributed by atoms with Crippen LogP contribution in [0.2, 0.25) is 5.15 Å². The molecular weight excluding hydrogens is 476 g/mol. The molecular formula is C28H37ClN4O3. The van der Waals surface area contributed by atoms with E-state index in [0.29, 0.717) is 23.6 Å². The number of pyridine rings is 1. The van der Waals surface area contributed by atoms with Gasteiger partial charge in [-0.2, -0.15) is 0 Å². The van der Waals surface area contributed by atoms with E-state index in [0.717, 1.165) is 57.4 Å². The number of carbonyl (C=O) groups excluding carboxylic acids is 2. The Morgan fingerprint density at radius 2 is 1.72 bits per heavy atom. The van der Waals surface area contributed by atoms with Crippen molar-refractivity contribution >= 4 is 29.2 Å². The third kappa shape index (κ3) is 5.68. The average Bonchev–Trinajstić information content (AvgIpc) is 3.74. The number of aliphatic hydroxyl groups is 1. The van der Waals surface area contributed by atoms with E-state index in [1.807, 2.05) is 36.4 Å². The third-order valence-corrected chi connectivity index (χ3v) is 7.86. The Morgan fingerprint density at radius 1 is 1.06 bits per heavy atom. The molecule has 1 saturated carbocycles. The van der Waals surface area contributed by atoms with Crippen molar-refractivity contribution in [2.24, 2.45) is 11.8 Å². The first-order chi connectivity index (χ1) is 17.2. The summed E-state index contributed by atoms with van der Waals surface area (Å²) >= 11 is 6.30. The molecule has 1 aliphatic carbocycles. The van der Waals surface area contributed by atoms with Crippen molar-refractivity contribution in [1.29, 1.82) is 0 Å². The maximum absolute atomic E-state index is 13.3. The Balaban J connectivity index is 1.25. The number of hydrogen-bond acceptors (Lipinski definition) is 5. The van der Waals surface area contributed by atoms with Gasteiger partial charge in [0.15, 0.2) is 5.60 Å². The van der Waals surface area contributed by atoms with Crippen molar-refractivity contribution in [2.45, 2.75) is 44.1 Å². The lowest BCUT2D eigenvalue weighted by Gasteiger charge is -2.34. The quantitative estimate of drug-likeness (QED) is 0.510. The highest BCUT2D eigenvalue weighted by Gasteiger charge is 2.51. The van der Waals surface area contributed by atoms with Crippen molar-refractivity contribution in [3.05, 3.63) is 58.7 Å². The number of carbonyl (C=O) groups is 2. The van der Waals surface area contributed by atoms with Crippen LogP contribution in [0.5, 0.6) is 0 Å². The number of nitrogens with zero attached hydrogens (tertiary/aromatic N) is 4. The van der Waals surface area contributed by atoms with E-state index in [1.54, 1.807) is 32.1 Å². The zero-order valence-electron chi connectivity index (χ0n) is 21.5. The van der Waals surface area contributed by atoms with Gasteiger partial charge in [0.1, 0.15) is 11.0 Å². The van der Waals surface area contributed by atoms with E-state index < -0.39 is 5.60 Å². The molecule has 0 unspecified atom stereocenters.